The van der Waals surface area contributed by atoms with Crippen LogP contribution in [0.4, 0.5) is 5.82 Å². The summed E-state index contributed by atoms with van der Waals surface area (Å²) in [6.45, 7) is 10.8. The van der Waals surface area contributed by atoms with Gasteiger partial charge in [-0.1, -0.05) is 17.7 Å². The van der Waals surface area contributed by atoms with Crippen LogP contribution in [0.3, 0.4) is 0 Å². The molecule has 4 rings (SSSR count). The summed E-state index contributed by atoms with van der Waals surface area (Å²) < 4.78 is 1.90. The number of benzene rings is 1. The van der Waals surface area contributed by atoms with E-state index in [1.54, 1.807) is 6.92 Å². The van der Waals surface area contributed by atoms with Crippen molar-refractivity contribution >= 4 is 22.8 Å². The van der Waals surface area contributed by atoms with Gasteiger partial charge in [-0.05, 0) is 39.3 Å². The van der Waals surface area contributed by atoms with Gasteiger partial charge in [-0.3, -0.25) is 4.79 Å². The smallest absolute Gasteiger partial charge is 0.219 e. The minimum absolute atomic E-state index is 0.134. The summed E-state index contributed by atoms with van der Waals surface area (Å²) in [4.78, 5) is 25.4. The standard InChI is InChI=1S/C21H26N6O/c1-14-6-8-18(9-7-14)27-21-19(15(2)24-27)20(22-16(3)23-21)26-11-5-10-25(12-13-26)17(4)28/h6-9H,5,10-13H2,1-4H3. The zero-order valence-corrected chi connectivity index (χ0v) is 16.9. The molecular formula is C21H26N6O. The molecule has 1 amide bonds. The lowest BCUT2D eigenvalue weighted by Crippen LogP contribution is -2.34. The maximum absolute atomic E-state index is 11.8. The molecule has 1 fully saturated rings. The number of fused-ring (bicyclic) bond motifs is 1. The van der Waals surface area contributed by atoms with E-state index in [-0.39, 0.29) is 5.91 Å². The summed E-state index contributed by atoms with van der Waals surface area (Å²) in [5.41, 5.74) is 3.95. The number of amides is 1. The molecule has 1 aromatic carbocycles. The lowest BCUT2D eigenvalue weighted by molar-refractivity contribution is -0.128. The van der Waals surface area contributed by atoms with Crippen LogP contribution in [-0.4, -0.2) is 56.7 Å². The van der Waals surface area contributed by atoms with Crippen LogP contribution in [-0.2, 0) is 4.79 Å². The molecule has 0 atom stereocenters. The van der Waals surface area contributed by atoms with Crippen LogP contribution in [0.25, 0.3) is 16.7 Å². The molecule has 0 unspecified atom stereocenters. The van der Waals surface area contributed by atoms with Crippen LogP contribution in [0.1, 0.15) is 30.4 Å². The Bertz CT molecular complexity index is 1020. The Morgan fingerprint density at radius 1 is 0.964 bits per heavy atom. The van der Waals surface area contributed by atoms with E-state index in [2.05, 4.69) is 36.1 Å². The van der Waals surface area contributed by atoms with Gasteiger partial charge in [0.2, 0.25) is 5.91 Å². The van der Waals surface area contributed by atoms with Gasteiger partial charge in [0, 0.05) is 33.1 Å². The Hall–Kier alpha value is -2.96. The number of nitrogens with zero attached hydrogens (tertiary/aromatic N) is 6. The van der Waals surface area contributed by atoms with Crippen molar-refractivity contribution in [2.24, 2.45) is 0 Å². The van der Waals surface area contributed by atoms with Crippen LogP contribution < -0.4 is 4.90 Å². The molecule has 7 heteroatoms. The van der Waals surface area contributed by atoms with E-state index in [9.17, 15) is 4.79 Å². The van der Waals surface area contributed by atoms with Gasteiger partial charge in [0.1, 0.15) is 11.6 Å². The summed E-state index contributed by atoms with van der Waals surface area (Å²) in [5.74, 6) is 1.78. The third kappa shape index (κ3) is 3.32. The van der Waals surface area contributed by atoms with E-state index < -0.39 is 0 Å². The molecule has 1 aliphatic heterocycles. The fourth-order valence-electron chi connectivity index (χ4n) is 3.81. The van der Waals surface area contributed by atoms with Gasteiger partial charge in [0.05, 0.1) is 16.8 Å². The first-order valence-corrected chi connectivity index (χ1v) is 9.75. The van der Waals surface area contributed by atoms with Crippen molar-refractivity contribution in [3.63, 3.8) is 0 Å². The first kappa shape index (κ1) is 18.4. The fraction of sp³-hybridized carbons (Fsp3) is 0.429. The third-order valence-electron chi connectivity index (χ3n) is 5.31. The summed E-state index contributed by atoms with van der Waals surface area (Å²) in [6.07, 6.45) is 0.926. The third-order valence-corrected chi connectivity index (χ3v) is 5.31. The molecule has 28 heavy (non-hydrogen) atoms. The Morgan fingerprint density at radius 2 is 1.71 bits per heavy atom. The number of hydrogen-bond acceptors (Lipinski definition) is 5. The van der Waals surface area contributed by atoms with Crippen LogP contribution >= 0.6 is 0 Å². The SMILES string of the molecule is CC(=O)N1CCCN(c2nc(C)nc3c2c(C)nn3-c2ccc(C)cc2)CC1. The highest BCUT2D eigenvalue weighted by atomic mass is 16.2. The zero-order valence-electron chi connectivity index (χ0n) is 16.9. The number of carbonyl (C=O) groups is 1. The second-order valence-electron chi connectivity index (χ2n) is 7.47. The predicted molar refractivity (Wildman–Crippen MR) is 110 cm³/mol. The van der Waals surface area contributed by atoms with E-state index in [0.29, 0.717) is 6.54 Å². The first-order valence-electron chi connectivity index (χ1n) is 9.75. The Labute approximate surface area is 165 Å². The van der Waals surface area contributed by atoms with Crippen LogP contribution in [0.2, 0.25) is 0 Å². The molecule has 0 spiro atoms. The van der Waals surface area contributed by atoms with Gasteiger partial charge in [-0.15, -0.1) is 0 Å². The fourth-order valence-corrected chi connectivity index (χ4v) is 3.81. The van der Waals surface area contributed by atoms with Gasteiger partial charge in [-0.25, -0.2) is 14.6 Å². The first-order chi connectivity index (χ1) is 13.4. The van der Waals surface area contributed by atoms with Crippen molar-refractivity contribution in [2.45, 2.75) is 34.1 Å². The van der Waals surface area contributed by atoms with Crippen molar-refractivity contribution in [1.29, 1.82) is 0 Å². The maximum atomic E-state index is 11.8. The molecule has 1 aliphatic rings. The summed E-state index contributed by atoms with van der Waals surface area (Å²) in [5, 5.41) is 5.76. The molecule has 3 aromatic rings. The molecule has 0 N–H and O–H groups in total. The van der Waals surface area contributed by atoms with E-state index in [1.165, 1.54) is 5.56 Å². The van der Waals surface area contributed by atoms with Crippen molar-refractivity contribution in [1.82, 2.24) is 24.6 Å². The molecule has 0 aliphatic carbocycles. The van der Waals surface area contributed by atoms with Crippen molar-refractivity contribution < 1.29 is 4.79 Å². The van der Waals surface area contributed by atoms with Crippen molar-refractivity contribution in [3.8, 4) is 5.69 Å². The summed E-state index contributed by atoms with van der Waals surface area (Å²) in [6, 6.07) is 8.29. The lowest BCUT2D eigenvalue weighted by atomic mass is 10.2. The molecule has 7 nitrogen and oxygen atoms in total. The van der Waals surface area contributed by atoms with Gasteiger partial charge < -0.3 is 9.80 Å². The number of anilines is 1. The van der Waals surface area contributed by atoms with Crippen LogP contribution in [0.15, 0.2) is 24.3 Å². The van der Waals surface area contributed by atoms with Gasteiger partial charge in [-0.2, -0.15) is 5.10 Å². The van der Waals surface area contributed by atoms with Crippen molar-refractivity contribution in [2.75, 3.05) is 31.1 Å². The Balaban J connectivity index is 1.79. The Kier molecular flexibility index (Phi) is 4.75. The molecular weight excluding hydrogens is 352 g/mol. The molecule has 0 radical (unpaired) electrons. The van der Waals surface area contributed by atoms with Gasteiger partial charge in [0.25, 0.3) is 0 Å². The number of hydrogen-bond donors (Lipinski definition) is 0. The predicted octanol–water partition coefficient (Wildman–Crippen LogP) is 2.80. The highest BCUT2D eigenvalue weighted by Crippen LogP contribution is 2.29. The van der Waals surface area contributed by atoms with Crippen LogP contribution in [0, 0.1) is 20.8 Å². The lowest BCUT2D eigenvalue weighted by Gasteiger charge is -2.23. The van der Waals surface area contributed by atoms with E-state index in [0.717, 1.165) is 60.1 Å². The number of aryl methyl sites for hydroxylation is 3. The number of carbonyl (C=O) groups excluding carboxylic acids is 1. The zero-order chi connectivity index (χ0) is 19.8. The highest BCUT2D eigenvalue weighted by Gasteiger charge is 2.23. The molecule has 0 saturated carbocycles. The monoisotopic (exact) mass is 378 g/mol. The van der Waals surface area contributed by atoms with E-state index >= 15 is 0 Å². The largest absolute Gasteiger partial charge is 0.354 e. The average molecular weight is 378 g/mol. The van der Waals surface area contributed by atoms with Crippen LogP contribution in [0.5, 0.6) is 0 Å². The molecule has 1 saturated heterocycles. The topological polar surface area (TPSA) is 67.2 Å². The normalized spacial score (nSPS) is 15.1. The van der Waals surface area contributed by atoms with Crippen molar-refractivity contribution in [3.05, 3.63) is 41.3 Å². The molecule has 3 heterocycles. The average Bonchev–Trinajstić information content (AvgIpc) is 2.84. The quantitative estimate of drug-likeness (QED) is 0.686. The number of aromatic nitrogens is 4. The Morgan fingerprint density at radius 3 is 2.43 bits per heavy atom. The minimum Gasteiger partial charge on any atom is -0.354 e. The minimum atomic E-state index is 0.134. The molecule has 2 aromatic heterocycles. The highest BCUT2D eigenvalue weighted by molar-refractivity contribution is 5.91. The van der Waals surface area contributed by atoms with Gasteiger partial charge >= 0.3 is 0 Å². The molecule has 146 valence electrons. The second kappa shape index (κ2) is 7.22. The molecule has 0 bridgehead atoms. The van der Waals surface area contributed by atoms with E-state index in [4.69, 9.17) is 15.1 Å². The maximum Gasteiger partial charge on any atom is 0.219 e. The second-order valence-corrected chi connectivity index (χ2v) is 7.47. The van der Waals surface area contributed by atoms with Gasteiger partial charge in [0.15, 0.2) is 5.65 Å². The summed E-state index contributed by atoms with van der Waals surface area (Å²) >= 11 is 0. The van der Waals surface area contributed by atoms with E-state index in [1.807, 2.05) is 23.4 Å². The summed E-state index contributed by atoms with van der Waals surface area (Å²) in [7, 11) is 0. The number of rotatable bonds is 2.